The summed E-state index contributed by atoms with van der Waals surface area (Å²) in [7, 11) is -3.64. The molecule has 2 heterocycles. The molecule has 0 spiro atoms. The van der Waals surface area contributed by atoms with E-state index in [1.165, 1.54) is 28.6 Å². The lowest BCUT2D eigenvalue weighted by molar-refractivity contribution is 0.0532. The number of aromatic nitrogens is 1. The van der Waals surface area contributed by atoms with Crippen LogP contribution in [0, 0.1) is 11.8 Å². The standard InChI is InChI=1S/C26H29N3O5S2/c1-4-34-25(31)23-22(19-8-6-5-7-9-19)27-26(35-23)28-24(30)20-10-12-21(13-11-20)36(32,33)29-15-17(2)14-18(3)16-29/h5-13,17-18H,4,14-16H2,1-3H3,(H,27,28,30)/t17-,18-/m1/s1. The molecular formula is C26H29N3O5S2. The Morgan fingerprint density at radius 3 is 2.31 bits per heavy atom. The molecular weight excluding hydrogens is 498 g/mol. The van der Waals surface area contributed by atoms with Crippen LogP contribution in [0.3, 0.4) is 0 Å². The first-order valence-electron chi connectivity index (χ1n) is 11.8. The zero-order valence-electron chi connectivity index (χ0n) is 20.4. The molecule has 1 aromatic heterocycles. The summed E-state index contributed by atoms with van der Waals surface area (Å²) < 4.78 is 32.9. The number of carbonyl (C=O) groups excluding carboxylic acids is 2. The van der Waals surface area contributed by atoms with Crippen molar-refractivity contribution in [1.29, 1.82) is 0 Å². The van der Waals surface area contributed by atoms with E-state index in [1.54, 1.807) is 6.92 Å². The molecule has 36 heavy (non-hydrogen) atoms. The van der Waals surface area contributed by atoms with Crippen molar-refractivity contribution in [2.24, 2.45) is 11.8 Å². The maximum Gasteiger partial charge on any atom is 0.350 e. The van der Waals surface area contributed by atoms with Gasteiger partial charge < -0.3 is 4.74 Å². The number of rotatable bonds is 7. The highest BCUT2D eigenvalue weighted by Gasteiger charge is 2.31. The van der Waals surface area contributed by atoms with Gasteiger partial charge in [-0.25, -0.2) is 18.2 Å². The third-order valence-corrected chi connectivity index (χ3v) is 8.74. The molecule has 190 valence electrons. The van der Waals surface area contributed by atoms with Gasteiger partial charge in [0.25, 0.3) is 5.91 Å². The molecule has 1 fully saturated rings. The average molecular weight is 528 g/mol. The van der Waals surface area contributed by atoms with Gasteiger partial charge in [0.1, 0.15) is 4.88 Å². The first-order valence-corrected chi connectivity index (χ1v) is 14.1. The summed E-state index contributed by atoms with van der Waals surface area (Å²) in [5.74, 6) is -0.368. The van der Waals surface area contributed by atoms with E-state index in [1.807, 2.05) is 30.3 Å². The van der Waals surface area contributed by atoms with Crippen LogP contribution in [0.1, 0.15) is 47.2 Å². The maximum absolute atomic E-state index is 13.1. The van der Waals surface area contributed by atoms with Gasteiger partial charge in [0.05, 0.1) is 17.2 Å². The lowest BCUT2D eigenvalue weighted by Gasteiger charge is -2.34. The minimum atomic E-state index is -3.64. The van der Waals surface area contributed by atoms with Crippen molar-refractivity contribution in [2.45, 2.75) is 32.1 Å². The first-order chi connectivity index (χ1) is 17.2. The van der Waals surface area contributed by atoms with Crippen molar-refractivity contribution in [3.05, 3.63) is 65.0 Å². The highest BCUT2D eigenvalue weighted by atomic mass is 32.2. The molecule has 1 aliphatic rings. The molecule has 0 saturated carbocycles. The Hall–Kier alpha value is -3.08. The van der Waals surface area contributed by atoms with Crippen LogP contribution in [0.25, 0.3) is 11.3 Å². The summed E-state index contributed by atoms with van der Waals surface area (Å²) in [5, 5.41) is 2.97. The van der Waals surface area contributed by atoms with Crippen LogP contribution >= 0.6 is 11.3 Å². The highest BCUT2D eigenvalue weighted by molar-refractivity contribution is 7.89. The molecule has 0 radical (unpaired) electrons. The largest absolute Gasteiger partial charge is 0.462 e. The third kappa shape index (κ3) is 5.66. The fourth-order valence-corrected chi connectivity index (χ4v) is 6.95. The van der Waals surface area contributed by atoms with Gasteiger partial charge in [0, 0.05) is 24.2 Å². The quantitative estimate of drug-likeness (QED) is 0.438. The number of carbonyl (C=O) groups is 2. The Balaban J connectivity index is 1.53. The van der Waals surface area contributed by atoms with Gasteiger partial charge in [-0.15, -0.1) is 0 Å². The zero-order chi connectivity index (χ0) is 25.9. The van der Waals surface area contributed by atoms with E-state index < -0.39 is 21.9 Å². The van der Waals surface area contributed by atoms with E-state index in [0.717, 1.165) is 23.3 Å². The minimum absolute atomic E-state index is 0.158. The fraction of sp³-hybridized carbons (Fsp3) is 0.346. The van der Waals surface area contributed by atoms with Crippen molar-refractivity contribution in [2.75, 3.05) is 25.0 Å². The number of anilines is 1. The average Bonchev–Trinajstić information content (AvgIpc) is 3.28. The van der Waals surface area contributed by atoms with Gasteiger partial charge in [0.15, 0.2) is 5.13 Å². The first kappa shape index (κ1) is 26.0. The van der Waals surface area contributed by atoms with Gasteiger partial charge in [0.2, 0.25) is 10.0 Å². The van der Waals surface area contributed by atoms with Crippen LogP contribution in [0.2, 0.25) is 0 Å². The number of hydrogen-bond acceptors (Lipinski definition) is 7. The number of esters is 1. The van der Waals surface area contributed by atoms with E-state index in [9.17, 15) is 18.0 Å². The lowest BCUT2D eigenvalue weighted by Crippen LogP contribution is -2.42. The van der Waals surface area contributed by atoms with Crippen molar-refractivity contribution >= 4 is 38.4 Å². The number of piperidine rings is 1. The monoisotopic (exact) mass is 527 g/mol. The molecule has 1 amide bonds. The SMILES string of the molecule is CCOC(=O)c1sc(NC(=O)c2ccc(S(=O)(=O)N3C[C@H](C)C[C@@H](C)C3)cc2)nc1-c1ccccc1. The Labute approximate surface area is 215 Å². The predicted molar refractivity (Wildman–Crippen MR) is 140 cm³/mol. The lowest BCUT2D eigenvalue weighted by atomic mass is 9.94. The smallest absolute Gasteiger partial charge is 0.350 e. The Kier molecular flexibility index (Phi) is 7.87. The van der Waals surface area contributed by atoms with Crippen LogP contribution in [-0.2, 0) is 14.8 Å². The van der Waals surface area contributed by atoms with Crippen molar-refractivity contribution in [3.63, 3.8) is 0 Å². The van der Waals surface area contributed by atoms with Crippen LogP contribution in [0.4, 0.5) is 5.13 Å². The molecule has 1 saturated heterocycles. The summed E-state index contributed by atoms with van der Waals surface area (Å²) in [4.78, 5) is 30.3. The number of nitrogens with one attached hydrogen (secondary N) is 1. The predicted octanol–water partition coefficient (Wildman–Crippen LogP) is 4.91. The molecule has 0 aliphatic carbocycles. The van der Waals surface area contributed by atoms with E-state index in [-0.39, 0.29) is 22.2 Å². The number of amides is 1. The van der Waals surface area contributed by atoms with Crippen LogP contribution in [0.15, 0.2) is 59.5 Å². The molecule has 10 heteroatoms. The minimum Gasteiger partial charge on any atom is -0.462 e. The van der Waals surface area contributed by atoms with Crippen molar-refractivity contribution < 1.29 is 22.7 Å². The second-order valence-corrected chi connectivity index (χ2v) is 12.0. The van der Waals surface area contributed by atoms with Gasteiger partial charge in [-0.2, -0.15) is 4.31 Å². The summed E-state index contributed by atoms with van der Waals surface area (Å²) in [6, 6.07) is 15.1. The molecule has 1 aliphatic heterocycles. The van der Waals surface area contributed by atoms with Crippen LogP contribution in [-0.4, -0.2) is 49.3 Å². The fourth-order valence-electron chi connectivity index (χ4n) is 4.40. The van der Waals surface area contributed by atoms with E-state index in [2.05, 4.69) is 24.1 Å². The van der Waals surface area contributed by atoms with Gasteiger partial charge in [-0.05, 0) is 49.4 Å². The van der Waals surface area contributed by atoms with E-state index in [4.69, 9.17) is 4.74 Å². The number of benzene rings is 2. The highest BCUT2D eigenvalue weighted by Crippen LogP contribution is 2.32. The van der Waals surface area contributed by atoms with Crippen molar-refractivity contribution in [3.8, 4) is 11.3 Å². The van der Waals surface area contributed by atoms with Gasteiger partial charge >= 0.3 is 5.97 Å². The third-order valence-electron chi connectivity index (χ3n) is 5.95. The topological polar surface area (TPSA) is 106 Å². The van der Waals surface area contributed by atoms with Crippen LogP contribution in [0.5, 0.6) is 0 Å². The second-order valence-electron chi connectivity index (χ2n) is 9.03. The van der Waals surface area contributed by atoms with E-state index in [0.29, 0.717) is 35.5 Å². The Morgan fingerprint density at radius 1 is 1.06 bits per heavy atom. The second kappa shape index (κ2) is 10.9. The molecule has 0 unspecified atom stereocenters. The molecule has 0 bridgehead atoms. The Morgan fingerprint density at radius 2 is 1.69 bits per heavy atom. The molecule has 4 rings (SSSR count). The molecule has 2 atom stereocenters. The van der Waals surface area contributed by atoms with Gasteiger partial charge in [-0.3, -0.25) is 10.1 Å². The number of nitrogens with zero attached hydrogens (tertiary/aromatic N) is 2. The molecule has 1 N–H and O–H groups in total. The number of sulfonamides is 1. The number of ether oxygens (including phenoxy) is 1. The molecule has 2 aromatic carbocycles. The van der Waals surface area contributed by atoms with E-state index >= 15 is 0 Å². The van der Waals surface area contributed by atoms with Gasteiger partial charge in [-0.1, -0.05) is 55.5 Å². The normalized spacial score (nSPS) is 18.5. The molecule has 8 nitrogen and oxygen atoms in total. The Bertz CT molecular complexity index is 1330. The number of hydrogen-bond donors (Lipinski definition) is 1. The summed E-state index contributed by atoms with van der Waals surface area (Å²) in [6.45, 7) is 7.04. The van der Waals surface area contributed by atoms with Crippen LogP contribution < -0.4 is 5.32 Å². The zero-order valence-corrected chi connectivity index (χ0v) is 22.1. The summed E-state index contributed by atoms with van der Waals surface area (Å²) in [5.41, 5.74) is 1.44. The maximum atomic E-state index is 13.1. The summed E-state index contributed by atoms with van der Waals surface area (Å²) >= 11 is 1.03. The molecule has 3 aromatic rings. The summed E-state index contributed by atoms with van der Waals surface area (Å²) in [6.07, 6.45) is 1.01. The number of thiazole rings is 1. The van der Waals surface area contributed by atoms with Crippen molar-refractivity contribution in [1.82, 2.24) is 9.29 Å².